The second-order valence-corrected chi connectivity index (χ2v) is 5.27. The van der Waals surface area contributed by atoms with Crippen molar-refractivity contribution in [1.82, 2.24) is 4.98 Å². The molecule has 136 valence electrons. The number of ketones is 1. The van der Waals surface area contributed by atoms with E-state index in [0.717, 1.165) is 6.07 Å². The number of fused-ring (bicyclic) bond motifs is 1. The summed E-state index contributed by atoms with van der Waals surface area (Å²) in [6.07, 6.45) is 1.32. The number of ether oxygens (including phenoxy) is 2. The highest BCUT2D eigenvalue weighted by molar-refractivity contribution is 6.15. The summed E-state index contributed by atoms with van der Waals surface area (Å²) in [6.45, 7) is 0. The lowest BCUT2D eigenvalue weighted by atomic mass is 10.0. The maximum absolute atomic E-state index is 14.6. The van der Waals surface area contributed by atoms with E-state index in [1.807, 2.05) is 0 Å². The predicted molar refractivity (Wildman–Crippen MR) is 90.9 cm³/mol. The Balaban J connectivity index is 2.27. The Morgan fingerprint density at radius 1 is 1.19 bits per heavy atom. The van der Waals surface area contributed by atoms with Crippen molar-refractivity contribution in [2.45, 2.75) is 0 Å². The van der Waals surface area contributed by atoms with Gasteiger partial charge in [0.25, 0.3) is 0 Å². The van der Waals surface area contributed by atoms with Crippen molar-refractivity contribution in [2.24, 2.45) is 0 Å². The first-order valence-electron chi connectivity index (χ1n) is 7.43. The quantitative estimate of drug-likeness (QED) is 0.672. The monoisotopic (exact) mass is 363 g/mol. The molecule has 26 heavy (non-hydrogen) atoms. The molecule has 2 heterocycles. The highest BCUT2D eigenvalue weighted by Crippen LogP contribution is 2.37. The molecule has 0 bridgehead atoms. The Bertz CT molecular complexity index is 989. The molecule has 3 rings (SSSR count). The third-order valence-corrected chi connectivity index (χ3v) is 3.85. The summed E-state index contributed by atoms with van der Waals surface area (Å²) in [5.41, 5.74) is 5.27. The summed E-state index contributed by atoms with van der Waals surface area (Å²) < 4.78 is 44.4. The molecule has 0 unspecified atom stereocenters. The zero-order valence-corrected chi connectivity index (χ0v) is 14.1. The number of nitrogens with two attached hydrogens (primary N) is 1. The summed E-state index contributed by atoms with van der Waals surface area (Å²) in [4.78, 5) is 16.8. The van der Waals surface area contributed by atoms with Crippen molar-refractivity contribution in [3.63, 3.8) is 0 Å². The van der Waals surface area contributed by atoms with Crippen molar-refractivity contribution in [3.8, 4) is 11.5 Å². The highest BCUT2D eigenvalue weighted by Gasteiger charge is 2.31. The van der Waals surface area contributed by atoms with E-state index in [9.17, 15) is 13.6 Å². The molecule has 9 heteroatoms. The molecule has 0 radical (unpaired) electrons. The Labute approximate surface area is 146 Å². The van der Waals surface area contributed by atoms with Crippen LogP contribution in [0, 0.1) is 11.6 Å². The molecule has 3 N–H and O–H groups in total. The van der Waals surface area contributed by atoms with Crippen molar-refractivity contribution in [2.75, 3.05) is 32.3 Å². The van der Waals surface area contributed by atoms with Crippen LogP contribution < -0.4 is 20.5 Å². The second kappa shape index (κ2) is 6.51. The van der Waals surface area contributed by atoms with E-state index < -0.39 is 23.0 Å². The molecule has 0 aliphatic rings. The van der Waals surface area contributed by atoms with Crippen molar-refractivity contribution in [3.05, 3.63) is 41.3 Å². The molecule has 0 spiro atoms. The van der Waals surface area contributed by atoms with Crippen LogP contribution in [0.5, 0.6) is 11.5 Å². The van der Waals surface area contributed by atoms with E-state index >= 15 is 0 Å². The van der Waals surface area contributed by atoms with Crippen LogP contribution >= 0.6 is 0 Å². The van der Waals surface area contributed by atoms with Gasteiger partial charge in [0.05, 0.1) is 26.1 Å². The van der Waals surface area contributed by atoms with Gasteiger partial charge in [-0.1, -0.05) is 0 Å². The Morgan fingerprint density at radius 2 is 1.81 bits per heavy atom. The Morgan fingerprint density at radius 3 is 2.35 bits per heavy atom. The van der Waals surface area contributed by atoms with E-state index in [2.05, 4.69) is 10.3 Å². The molecular weight excluding hydrogens is 348 g/mol. The first kappa shape index (κ1) is 17.5. The van der Waals surface area contributed by atoms with Gasteiger partial charge in [-0.3, -0.25) is 4.79 Å². The molecule has 0 aliphatic heterocycles. The summed E-state index contributed by atoms with van der Waals surface area (Å²) in [5.74, 6) is -4.08. The minimum Gasteiger partial charge on any atom is -0.494 e. The lowest BCUT2D eigenvalue weighted by Crippen LogP contribution is -2.11. The first-order valence-corrected chi connectivity index (χ1v) is 7.43. The van der Waals surface area contributed by atoms with Crippen LogP contribution in [0.1, 0.15) is 16.1 Å². The van der Waals surface area contributed by atoms with E-state index in [-0.39, 0.29) is 34.3 Å². The van der Waals surface area contributed by atoms with E-state index in [1.165, 1.54) is 33.5 Å². The molecule has 3 aromatic rings. The molecule has 0 saturated heterocycles. The summed E-state index contributed by atoms with van der Waals surface area (Å²) >= 11 is 0. The summed E-state index contributed by atoms with van der Waals surface area (Å²) in [5, 5.41) is 3.24. The lowest BCUT2D eigenvalue weighted by Gasteiger charge is -2.11. The maximum Gasteiger partial charge on any atom is 0.236 e. The fourth-order valence-corrected chi connectivity index (χ4v) is 2.63. The van der Waals surface area contributed by atoms with Crippen molar-refractivity contribution in [1.29, 1.82) is 0 Å². The van der Waals surface area contributed by atoms with Crippen LogP contribution in [-0.4, -0.2) is 32.0 Å². The number of nitrogen functional groups attached to an aromatic ring is 1. The van der Waals surface area contributed by atoms with Gasteiger partial charge in [0.15, 0.2) is 34.5 Å². The van der Waals surface area contributed by atoms with Crippen molar-refractivity contribution >= 4 is 28.3 Å². The van der Waals surface area contributed by atoms with E-state index in [0.29, 0.717) is 5.39 Å². The molecule has 0 atom stereocenters. The number of furan rings is 1. The number of nitrogens with zero attached hydrogens (tertiary/aromatic N) is 1. The van der Waals surface area contributed by atoms with Gasteiger partial charge in [0, 0.05) is 18.5 Å². The number of pyridine rings is 1. The van der Waals surface area contributed by atoms with Gasteiger partial charge in [-0.2, -0.15) is 0 Å². The average Bonchev–Trinajstić information content (AvgIpc) is 2.99. The van der Waals surface area contributed by atoms with E-state index in [1.54, 1.807) is 0 Å². The molecule has 0 fully saturated rings. The number of methoxy groups -OCH3 is 2. The van der Waals surface area contributed by atoms with Gasteiger partial charge in [0.1, 0.15) is 11.4 Å². The minimum atomic E-state index is -1.16. The fraction of sp³-hybridized carbons (Fsp3) is 0.176. The number of aromatic nitrogens is 1. The number of rotatable bonds is 5. The van der Waals surface area contributed by atoms with Gasteiger partial charge in [-0.15, -0.1) is 0 Å². The second-order valence-electron chi connectivity index (χ2n) is 5.27. The molecule has 7 nitrogen and oxygen atoms in total. The number of nitrogens with one attached hydrogen (secondary N) is 1. The Kier molecular flexibility index (Phi) is 4.37. The normalized spacial score (nSPS) is 10.8. The molecule has 2 aromatic heterocycles. The highest BCUT2D eigenvalue weighted by atomic mass is 19.1. The third kappa shape index (κ3) is 2.57. The van der Waals surface area contributed by atoms with Crippen molar-refractivity contribution < 1.29 is 27.5 Å². The zero-order chi connectivity index (χ0) is 19.0. The van der Waals surface area contributed by atoms with E-state index in [4.69, 9.17) is 19.6 Å². The van der Waals surface area contributed by atoms with Crippen LogP contribution in [0.2, 0.25) is 0 Å². The molecule has 0 amide bonds. The average molecular weight is 363 g/mol. The molecule has 0 saturated carbocycles. The Hall–Kier alpha value is -3.36. The topological polar surface area (TPSA) is 99.6 Å². The molecular formula is C17H15F2N3O4. The SMILES string of the molecule is CNc1c(C(=O)c2c(F)c(OC)cc(OC)c2F)oc2cnc(N)cc12. The summed E-state index contributed by atoms with van der Waals surface area (Å²) in [6, 6.07) is 2.50. The number of hydrogen-bond acceptors (Lipinski definition) is 7. The number of halogens is 2. The van der Waals surface area contributed by atoms with Gasteiger partial charge >= 0.3 is 0 Å². The van der Waals surface area contributed by atoms with Gasteiger partial charge in [-0.05, 0) is 6.07 Å². The third-order valence-electron chi connectivity index (χ3n) is 3.85. The number of benzene rings is 1. The first-order chi connectivity index (χ1) is 12.4. The number of hydrogen-bond donors (Lipinski definition) is 2. The number of carbonyl (C=O) groups excluding carboxylic acids is 1. The van der Waals surface area contributed by atoms with Gasteiger partial charge in [-0.25, -0.2) is 13.8 Å². The summed E-state index contributed by atoms with van der Waals surface area (Å²) in [7, 11) is 3.92. The zero-order valence-electron chi connectivity index (χ0n) is 14.1. The molecule has 1 aromatic carbocycles. The van der Waals surface area contributed by atoms with Gasteiger partial charge in [0.2, 0.25) is 5.78 Å². The maximum atomic E-state index is 14.6. The smallest absolute Gasteiger partial charge is 0.236 e. The minimum absolute atomic E-state index is 0.203. The standard InChI is InChI=1S/C17H15F2N3O4/c1-21-15-7-4-11(20)22-6-10(7)26-17(15)16(23)12-13(18)8(24-2)5-9(25-3)14(12)19/h4-6,21H,1-3H3,(H2,20,22). The number of anilines is 2. The lowest BCUT2D eigenvalue weighted by molar-refractivity contribution is 0.100. The van der Waals surface area contributed by atoms with Crippen LogP contribution in [0.4, 0.5) is 20.3 Å². The number of carbonyl (C=O) groups is 1. The predicted octanol–water partition coefficient (Wildman–Crippen LogP) is 2.98. The largest absolute Gasteiger partial charge is 0.494 e. The van der Waals surface area contributed by atoms with Crippen LogP contribution in [0.25, 0.3) is 11.0 Å². The fourth-order valence-electron chi connectivity index (χ4n) is 2.63. The van der Waals surface area contributed by atoms with Crippen LogP contribution in [-0.2, 0) is 0 Å². The van der Waals surface area contributed by atoms with Gasteiger partial charge < -0.3 is 24.9 Å². The molecule has 0 aliphatic carbocycles. The van der Waals surface area contributed by atoms with Crippen LogP contribution in [0.15, 0.2) is 22.7 Å². The van der Waals surface area contributed by atoms with Crippen LogP contribution in [0.3, 0.4) is 0 Å².